The number of piperidine rings is 1. The molecule has 1 unspecified atom stereocenters. The standard InChI is InChI=1S/C29H32Cl2N6O5/c30-21-10-20(11-22(31)12-21)25-7-19(15-36-4-1-18(2-5-36)9-28(40)41)8-27(35-25)42-24-13-32-29(33-14-24)37-6-3-23(16-37)34-26(39)17-38/h7-8,10-14,18,23,38H,1-6,9,15-17H2,(H,34,39)(H,40,41). The molecule has 3 aromatic rings. The first-order valence-corrected chi connectivity index (χ1v) is 14.6. The van der Waals surface area contributed by atoms with Crippen molar-refractivity contribution in [2.24, 2.45) is 5.92 Å². The predicted octanol–water partition coefficient (Wildman–Crippen LogP) is 4.01. The van der Waals surface area contributed by atoms with E-state index < -0.39 is 18.5 Å². The van der Waals surface area contributed by atoms with Crippen molar-refractivity contribution in [2.45, 2.75) is 38.3 Å². The van der Waals surface area contributed by atoms with Crippen molar-refractivity contribution >= 4 is 41.0 Å². The molecule has 42 heavy (non-hydrogen) atoms. The van der Waals surface area contributed by atoms with Gasteiger partial charge in [0.1, 0.15) is 6.61 Å². The molecule has 13 heteroatoms. The Morgan fingerprint density at radius 3 is 2.38 bits per heavy atom. The van der Waals surface area contributed by atoms with Crippen LogP contribution in [0.4, 0.5) is 5.95 Å². The van der Waals surface area contributed by atoms with Gasteiger partial charge in [0.25, 0.3) is 0 Å². The SMILES string of the molecule is O=C(O)CC1CCN(Cc2cc(Oc3cnc(N4CCC(NC(=O)CO)C4)nc3)nc(-c3cc(Cl)cc(Cl)c3)c2)CC1. The minimum atomic E-state index is -0.748. The summed E-state index contributed by atoms with van der Waals surface area (Å²) >= 11 is 12.6. The van der Waals surface area contributed by atoms with Gasteiger partial charge in [-0.3, -0.25) is 14.5 Å². The average Bonchev–Trinajstić information content (AvgIpc) is 3.42. The number of aliphatic carboxylic acids is 1. The molecule has 2 fully saturated rings. The normalized spacial score (nSPS) is 17.8. The number of nitrogens with one attached hydrogen (secondary N) is 1. The number of carbonyl (C=O) groups is 2. The second-order valence-electron chi connectivity index (χ2n) is 10.7. The highest BCUT2D eigenvalue weighted by Crippen LogP contribution is 2.31. The summed E-state index contributed by atoms with van der Waals surface area (Å²) in [5.74, 6) is 0.352. The van der Waals surface area contributed by atoms with Crippen molar-refractivity contribution in [2.75, 3.05) is 37.7 Å². The number of aliphatic hydroxyl groups is 1. The molecule has 0 saturated carbocycles. The summed E-state index contributed by atoms with van der Waals surface area (Å²) in [6.07, 6.45) is 5.79. The molecule has 0 aliphatic carbocycles. The van der Waals surface area contributed by atoms with Crippen molar-refractivity contribution < 1.29 is 24.5 Å². The molecule has 5 rings (SSSR count). The van der Waals surface area contributed by atoms with Crippen LogP contribution in [0.15, 0.2) is 42.7 Å². The van der Waals surface area contributed by atoms with Gasteiger partial charge < -0.3 is 25.2 Å². The zero-order valence-corrected chi connectivity index (χ0v) is 24.4. The average molecular weight is 616 g/mol. The maximum Gasteiger partial charge on any atom is 0.303 e. The van der Waals surface area contributed by atoms with Crippen LogP contribution in [0.5, 0.6) is 11.6 Å². The Bertz CT molecular complexity index is 1400. The number of likely N-dealkylation sites (tertiary alicyclic amines) is 1. The summed E-state index contributed by atoms with van der Waals surface area (Å²) in [7, 11) is 0. The zero-order chi connectivity index (χ0) is 29.6. The number of aliphatic hydroxyl groups excluding tert-OH is 1. The highest BCUT2D eigenvalue weighted by Gasteiger charge is 2.26. The smallest absolute Gasteiger partial charge is 0.303 e. The van der Waals surface area contributed by atoms with Gasteiger partial charge in [-0.1, -0.05) is 23.2 Å². The topological polar surface area (TPSA) is 141 Å². The van der Waals surface area contributed by atoms with Gasteiger partial charge in [0.2, 0.25) is 17.7 Å². The number of carboxylic acid groups (broad SMARTS) is 1. The molecule has 0 spiro atoms. The summed E-state index contributed by atoms with van der Waals surface area (Å²) in [4.78, 5) is 40.5. The number of nitrogens with zero attached hydrogens (tertiary/aromatic N) is 5. The molecule has 2 aromatic heterocycles. The summed E-state index contributed by atoms with van der Waals surface area (Å²) in [6, 6.07) is 9.05. The number of hydrogen-bond donors (Lipinski definition) is 3. The number of ether oxygens (including phenoxy) is 1. The van der Waals surface area contributed by atoms with Gasteiger partial charge in [0.05, 0.1) is 18.1 Å². The van der Waals surface area contributed by atoms with E-state index in [1.54, 1.807) is 30.6 Å². The molecule has 4 heterocycles. The highest BCUT2D eigenvalue weighted by molar-refractivity contribution is 6.35. The first kappa shape index (κ1) is 30.0. The predicted molar refractivity (Wildman–Crippen MR) is 158 cm³/mol. The molecular weight excluding hydrogens is 583 g/mol. The molecular formula is C29H32Cl2N6O5. The summed E-state index contributed by atoms with van der Waals surface area (Å²) in [5.41, 5.74) is 2.38. The number of carbonyl (C=O) groups excluding carboxylic acids is 1. The number of hydrogen-bond acceptors (Lipinski definition) is 9. The number of amides is 1. The Kier molecular flexibility index (Phi) is 9.73. The van der Waals surface area contributed by atoms with E-state index in [0.29, 0.717) is 53.0 Å². The Morgan fingerprint density at radius 2 is 1.71 bits per heavy atom. The number of benzene rings is 1. The zero-order valence-electron chi connectivity index (χ0n) is 22.9. The molecule has 222 valence electrons. The van der Waals surface area contributed by atoms with Crippen LogP contribution in [0, 0.1) is 5.92 Å². The highest BCUT2D eigenvalue weighted by atomic mass is 35.5. The molecule has 2 aliphatic rings. The maximum atomic E-state index is 11.5. The summed E-state index contributed by atoms with van der Waals surface area (Å²) < 4.78 is 6.11. The molecule has 0 radical (unpaired) electrons. The fourth-order valence-corrected chi connectivity index (χ4v) is 5.91. The molecule has 1 aromatic carbocycles. The first-order valence-electron chi connectivity index (χ1n) is 13.8. The fraction of sp³-hybridized carbons (Fsp3) is 0.414. The lowest BCUT2D eigenvalue weighted by atomic mass is 9.93. The third-order valence-corrected chi connectivity index (χ3v) is 7.85. The Hall–Kier alpha value is -3.51. The van der Waals surface area contributed by atoms with Crippen molar-refractivity contribution in [1.29, 1.82) is 0 Å². The third-order valence-electron chi connectivity index (χ3n) is 7.41. The van der Waals surface area contributed by atoms with Crippen molar-refractivity contribution in [3.63, 3.8) is 0 Å². The number of halogens is 2. The minimum absolute atomic E-state index is 0.0718. The van der Waals surface area contributed by atoms with Crippen LogP contribution in [-0.2, 0) is 16.1 Å². The molecule has 1 atom stereocenters. The molecule has 2 aliphatic heterocycles. The van der Waals surface area contributed by atoms with Gasteiger partial charge in [-0.2, -0.15) is 0 Å². The van der Waals surface area contributed by atoms with Crippen molar-refractivity contribution in [3.8, 4) is 22.9 Å². The van der Waals surface area contributed by atoms with Crippen LogP contribution < -0.4 is 15.0 Å². The van der Waals surface area contributed by atoms with E-state index in [1.807, 2.05) is 17.0 Å². The van der Waals surface area contributed by atoms with Crippen LogP contribution in [0.25, 0.3) is 11.3 Å². The first-order chi connectivity index (χ1) is 20.2. The molecule has 0 bridgehead atoms. The van der Waals surface area contributed by atoms with E-state index in [1.165, 1.54) is 0 Å². The Morgan fingerprint density at radius 1 is 1.00 bits per heavy atom. The van der Waals surface area contributed by atoms with Crippen LogP contribution in [0.3, 0.4) is 0 Å². The number of anilines is 1. The van der Waals surface area contributed by atoms with E-state index in [9.17, 15) is 9.59 Å². The number of rotatable bonds is 10. The number of carboxylic acids is 1. The van der Waals surface area contributed by atoms with Gasteiger partial charge in [0.15, 0.2) is 5.75 Å². The van der Waals surface area contributed by atoms with Gasteiger partial charge in [-0.25, -0.2) is 15.0 Å². The van der Waals surface area contributed by atoms with E-state index in [-0.39, 0.29) is 18.4 Å². The van der Waals surface area contributed by atoms with Crippen molar-refractivity contribution in [1.82, 2.24) is 25.2 Å². The van der Waals surface area contributed by atoms with E-state index in [2.05, 4.69) is 20.2 Å². The lowest BCUT2D eigenvalue weighted by Crippen LogP contribution is -2.38. The number of aromatic nitrogens is 3. The molecule has 2 saturated heterocycles. The second-order valence-corrected chi connectivity index (χ2v) is 11.5. The quantitative estimate of drug-likeness (QED) is 0.306. The van der Waals surface area contributed by atoms with E-state index in [0.717, 1.165) is 43.5 Å². The van der Waals surface area contributed by atoms with E-state index >= 15 is 0 Å². The molecule has 3 N–H and O–H groups in total. The lowest BCUT2D eigenvalue weighted by Gasteiger charge is -2.31. The van der Waals surface area contributed by atoms with Crippen molar-refractivity contribution in [3.05, 3.63) is 58.3 Å². The summed E-state index contributed by atoms with van der Waals surface area (Å²) in [5, 5.41) is 21.9. The maximum absolute atomic E-state index is 11.5. The second kappa shape index (κ2) is 13.6. The minimum Gasteiger partial charge on any atom is -0.481 e. The molecule has 11 nitrogen and oxygen atoms in total. The van der Waals surface area contributed by atoms with Gasteiger partial charge in [0, 0.05) is 53.8 Å². The monoisotopic (exact) mass is 614 g/mol. The Balaban J connectivity index is 1.31. The van der Waals surface area contributed by atoms with Gasteiger partial charge in [-0.05, 0) is 68.1 Å². The van der Waals surface area contributed by atoms with Crippen LogP contribution in [0.1, 0.15) is 31.2 Å². The van der Waals surface area contributed by atoms with Gasteiger partial charge >= 0.3 is 5.97 Å². The van der Waals surface area contributed by atoms with Crippen LogP contribution >= 0.6 is 23.2 Å². The largest absolute Gasteiger partial charge is 0.481 e. The third kappa shape index (κ3) is 8.07. The Labute approximate surface area is 253 Å². The van der Waals surface area contributed by atoms with Crippen LogP contribution in [-0.4, -0.2) is 80.8 Å². The van der Waals surface area contributed by atoms with Crippen LogP contribution in [0.2, 0.25) is 10.0 Å². The fourth-order valence-electron chi connectivity index (χ4n) is 5.39. The van der Waals surface area contributed by atoms with E-state index in [4.69, 9.17) is 43.1 Å². The number of pyridine rings is 1. The van der Waals surface area contributed by atoms with Gasteiger partial charge in [-0.15, -0.1) is 0 Å². The lowest BCUT2D eigenvalue weighted by molar-refractivity contribution is -0.138. The summed E-state index contributed by atoms with van der Waals surface area (Å²) in [6.45, 7) is 2.97. The molecule has 1 amide bonds.